The van der Waals surface area contributed by atoms with Crippen molar-refractivity contribution < 1.29 is 14.3 Å². The molecule has 1 fully saturated rings. The molecule has 0 radical (unpaired) electrons. The number of methoxy groups -OCH3 is 1. The number of nitrogens with one attached hydrogen (secondary N) is 1. The van der Waals surface area contributed by atoms with E-state index in [9.17, 15) is 9.59 Å². The lowest BCUT2D eigenvalue weighted by atomic mass is 10.2. The number of pyridine rings is 1. The van der Waals surface area contributed by atoms with Crippen molar-refractivity contribution in [3.8, 4) is 17.0 Å². The molecule has 9 heteroatoms. The topological polar surface area (TPSA) is 87.7 Å². The third kappa shape index (κ3) is 4.19. The Kier molecular flexibility index (Phi) is 5.39. The van der Waals surface area contributed by atoms with Crippen molar-refractivity contribution in [3.05, 3.63) is 54.2 Å². The summed E-state index contributed by atoms with van der Waals surface area (Å²) in [5, 5.41) is 5.12. The highest BCUT2D eigenvalue weighted by Gasteiger charge is 2.31. The molecule has 0 saturated carbocycles. The average Bonchev–Trinajstić information content (AvgIpc) is 3.36. The molecule has 3 aromatic rings. The van der Waals surface area contributed by atoms with Gasteiger partial charge in [-0.1, -0.05) is 0 Å². The van der Waals surface area contributed by atoms with Crippen molar-refractivity contribution in [1.82, 2.24) is 14.9 Å². The van der Waals surface area contributed by atoms with Gasteiger partial charge in [-0.3, -0.25) is 14.7 Å². The lowest BCUT2D eigenvalue weighted by Gasteiger charge is -2.18. The average molecular weight is 409 g/mol. The second kappa shape index (κ2) is 8.27. The predicted octanol–water partition coefficient (Wildman–Crippen LogP) is 3.09. The van der Waals surface area contributed by atoms with Gasteiger partial charge in [0.2, 0.25) is 5.91 Å². The first kappa shape index (κ1) is 18.9. The zero-order valence-corrected chi connectivity index (χ0v) is 16.6. The summed E-state index contributed by atoms with van der Waals surface area (Å²) in [4.78, 5) is 36.7. The molecule has 1 aliphatic heterocycles. The van der Waals surface area contributed by atoms with E-state index in [2.05, 4.69) is 15.3 Å². The Labute approximate surface area is 171 Å². The number of thiazole rings is 1. The highest BCUT2D eigenvalue weighted by atomic mass is 32.1. The lowest BCUT2D eigenvalue weighted by Crippen LogP contribution is -2.37. The number of nitrogens with zero attached hydrogens (tertiary/aromatic N) is 4. The second-order valence-electron chi connectivity index (χ2n) is 6.38. The van der Waals surface area contributed by atoms with Crippen LogP contribution in [0.25, 0.3) is 11.3 Å². The first-order valence-electron chi connectivity index (χ1n) is 9.00. The van der Waals surface area contributed by atoms with Crippen LogP contribution in [-0.4, -0.2) is 53.6 Å². The van der Waals surface area contributed by atoms with Crippen LogP contribution in [0.2, 0.25) is 0 Å². The number of benzene rings is 1. The number of carbonyl (C=O) groups is 2. The van der Waals surface area contributed by atoms with E-state index >= 15 is 0 Å². The highest BCUT2D eigenvalue weighted by molar-refractivity contribution is 7.14. The van der Waals surface area contributed by atoms with E-state index < -0.39 is 0 Å². The van der Waals surface area contributed by atoms with Gasteiger partial charge < -0.3 is 15.0 Å². The zero-order valence-electron chi connectivity index (χ0n) is 15.7. The molecule has 8 nitrogen and oxygen atoms in total. The summed E-state index contributed by atoms with van der Waals surface area (Å²) in [5.74, 6) is 0.452. The van der Waals surface area contributed by atoms with E-state index in [-0.39, 0.29) is 18.5 Å². The van der Waals surface area contributed by atoms with Crippen LogP contribution < -0.4 is 15.0 Å². The number of carbonyl (C=O) groups excluding carboxylic acids is 2. The molecule has 1 aliphatic rings. The van der Waals surface area contributed by atoms with E-state index in [1.165, 1.54) is 16.2 Å². The molecule has 0 atom stereocenters. The summed E-state index contributed by atoms with van der Waals surface area (Å²) in [5.41, 5.74) is 2.41. The SMILES string of the molecule is COc1ccc(N2CCN(CC(=O)Nc3nc(-c4cccnc4)cs3)C2=O)cc1. The molecule has 148 valence electrons. The number of urea groups is 1. The summed E-state index contributed by atoms with van der Waals surface area (Å²) in [6.45, 7) is 0.991. The normalized spacial score (nSPS) is 13.6. The maximum atomic E-state index is 12.7. The number of amides is 3. The minimum atomic E-state index is -0.276. The Morgan fingerprint density at radius 1 is 1.24 bits per heavy atom. The molecule has 3 amide bonds. The van der Waals surface area contributed by atoms with Crippen molar-refractivity contribution in [1.29, 1.82) is 0 Å². The molecule has 2 aromatic heterocycles. The van der Waals surface area contributed by atoms with Crippen LogP contribution in [0.15, 0.2) is 54.2 Å². The Bertz CT molecular complexity index is 1010. The van der Waals surface area contributed by atoms with E-state index in [1.54, 1.807) is 36.5 Å². The molecule has 3 heterocycles. The minimum Gasteiger partial charge on any atom is -0.497 e. The van der Waals surface area contributed by atoms with Gasteiger partial charge in [-0.2, -0.15) is 0 Å². The van der Waals surface area contributed by atoms with E-state index in [0.29, 0.717) is 18.2 Å². The van der Waals surface area contributed by atoms with Crippen LogP contribution in [0.1, 0.15) is 0 Å². The van der Waals surface area contributed by atoms with Crippen molar-refractivity contribution >= 4 is 34.1 Å². The van der Waals surface area contributed by atoms with Gasteiger partial charge in [-0.15, -0.1) is 11.3 Å². The fourth-order valence-electron chi connectivity index (χ4n) is 3.04. The van der Waals surface area contributed by atoms with Crippen LogP contribution in [0.5, 0.6) is 5.75 Å². The van der Waals surface area contributed by atoms with Gasteiger partial charge in [0.05, 0.1) is 12.8 Å². The number of hydrogen-bond acceptors (Lipinski definition) is 6. The summed E-state index contributed by atoms with van der Waals surface area (Å²) < 4.78 is 5.14. The summed E-state index contributed by atoms with van der Waals surface area (Å²) in [6, 6.07) is 10.8. The molecule has 29 heavy (non-hydrogen) atoms. The van der Waals surface area contributed by atoms with Crippen LogP contribution in [0, 0.1) is 0 Å². The van der Waals surface area contributed by atoms with Gasteiger partial charge in [-0.05, 0) is 36.4 Å². The molecule has 1 aromatic carbocycles. The Balaban J connectivity index is 1.35. The smallest absolute Gasteiger partial charge is 0.325 e. The largest absolute Gasteiger partial charge is 0.497 e. The van der Waals surface area contributed by atoms with E-state index in [0.717, 1.165) is 22.7 Å². The monoisotopic (exact) mass is 409 g/mol. The van der Waals surface area contributed by atoms with Gasteiger partial charge in [0, 0.05) is 42.1 Å². The van der Waals surface area contributed by atoms with Crippen LogP contribution in [-0.2, 0) is 4.79 Å². The summed E-state index contributed by atoms with van der Waals surface area (Å²) in [6.07, 6.45) is 3.41. The number of anilines is 2. The molecule has 1 saturated heterocycles. The first-order chi connectivity index (χ1) is 14.1. The van der Waals surface area contributed by atoms with Crippen LogP contribution in [0.4, 0.5) is 15.6 Å². The number of aromatic nitrogens is 2. The van der Waals surface area contributed by atoms with E-state index in [1.807, 2.05) is 29.6 Å². The van der Waals surface area contributed by atoms with E-state index in [4.69, 9.17) is 4.74 Å². The van der Waals surface area contributed by atoms with Gasteiger partial charge in [0.15, 0.2) is 5.13 Å². The molecule has 4 rings (SSSR count). The fraction of sp³-hybridized carbons (Fsp3) is 0.200. The molecule has 1 N–H and O–H groups in total. The maximum absolute atomic E-state index is 12.7. The van der Waals surface area contributed by atoms with Crippen molar-refractivity contribution in [2.75, 3.05) is 37.0 Å². The Hall–Kier alpha value is -3.46. The third-order valence-corrected chi connectivity index (χ3v) is 5.28. The predicted molar refractivity (Wildman–Crippen MR) is 111 cm³/mol. The van der Waals surface area contributed by atoms with Gasteiger partial charge >= 0.3 is 6.03 Å². The van der Waals surface area contributed by atoms with Crippen molar-refractivity contribution in [3.63, 3.8) is 0 Å². The molecular weight excluding hydrogens is 390 g/mol. The van der Waals surface area contributed by atoms with Crippen molar-refractivity contribution in [2.24, 2.45) is 0 Å². The van der Waals surface area contributed by atoms with Crippen molar-refractivity contribution in [2.45, 2.75) is 0 Å². The summed E-state index contributed by atoms with van der Waals surface area (Å²) >= 11 is 1.34. The summed E-state index contributed by atoms with van der Waals surface area (Å²) in [7, 11) is 1.60. The number of ether oxygens (including phenoxy) is 1. The highest BCUT2D eigenvalue weighted by Crippen LogP contribution is 2.25. The number of rotatable bonds is 6. The van der Waals surface area contributed by atoms with Crippen LogP contribution in [0.3, 0.4) is 0 Å². The zero-order chi connectivity index (χ0) is 20.2. The minimum absolute atomic E-state index is 0.0205. The fourth-order valence-corrected chi connectivity index (χ4v) is 3.78. The first-order valence-corrected chi connectivity index (χ1v) is 9.88. The Morgan fingerprint density at radius 3 is 2.79 bits per heavy atom. The molecule has 0 unspecified atom stereocenters. The van der Waals surface area contributed by atoms with Gasteiger partial charge in [0.1, 0.15) is 12.3 Å². The standard InChI is InChI=1S/C20H19N5O3S/c1-28-16-6-4-15(5-7-16)25-10-9-24(20(25)27)12-18(26)23-19-22-17(13-29-19)14-3-2-8-21-11-14/h2-8,11,13H,9-10,12H2,1H3,(H,22,23,26). The number of hydrogen-bond donors (Lipinski definition) is 1. The molecule has 0 bridgehead atoms. The maximum Gasteiger partial charge on any atom is 0.325 e. The lowest BCUT2D eigenvalue weighted by molar-refractivity contribution is -0.116. The van der Waals surface area contributed by atoms with Crippen LogP contribution >= 0.6 is 11.3 Å². The second-order valence-corrected chi connectivity index (χ2v) is 7.24. The molecular formula is C20H19N5O3S. The van der Waals surface area contributed by atoms with Gasteiger partial charge in [-0.25, -0.2) is 9.78 Å². The molecule has 0 aliphatic carbocycles. The third-order valence-electron chi connectivity index (χ3n) is 4.52. The molecule has 0 spiro atoms. The Morgan fingerprint density at radius 2 is 2.07 bits per heavy atom. The quantitative estimate of drug-likeness (QED) is 0.676. The van der Waals surface area contributed by atoms with Gasteiger partial charge in [0.25, 0.3) is 0 Å².